The molecule has 0 saturated carbocycles. The van der Waals surface area contributed by atoms with Crippen molar-refractivity contribution in [1.82, 2.24) is 0 Å². The van der Waals surface area contributed by atoms with Gasteiger partial charge in [-0.05, 0) is 12.8 Å². The van der Waals surface area contributed by atoms with E-state index in [0.717, 1.165) is 3.14 Å². The predicted octanol–water partition coefficient (Wildman–Crippen LogP) is 3.88. The Hall–Kier alpha value is 0.270. The average molecular weight is 190 g/mol. The van der Waals surface area contributed by atoms with Gasteiger partial charge in [0, 0.05) is 10.3 Å². The molecule has 3 heteroatoms. The van der Waals surface area contributed by atoms with Gasteiger partial charge in [0.05, 0.1) is 0 Å². The lowest BCUT2D eigenvalue weighted by Gasteiger charge is -1.89. The van der Waals surface area contributed by atoms with Gasteiger partial charge in [0.2, 0.25) is 0 Å². The van der Waals surface area contributed by atoms with Crippen LogP contribution in [-0.4, -0.2) is 0 Å². The normalized spacial score (nSPS) is 10.1. The molecule has 0 bridgehead atoms. The SMILES string of the molecule is CCCCc1csc(=S)s1. The molecule has 0 aliphatic heterocycles. The van der Waals surface area contributed by atoms with E-state index in [0.29, 0.717) is 0 Å². The molecule has 1 aromatic rings. The van der Waals surface area contributed by atoms with Crippen molar-refractivity contribution in [2.24, 2.45) is 0 Å². The Kier molecular flexibility index (Phi) is 3.52. The maximum Gasteiger partial charge on any atom is 0.143 e. The van der Waals surface area contributed by atoms with Crippen LogP contribution >= 0.6 is 34.9 Å². The first kappa shape index (κ1) is 8.37. The van der Waals surface area contributed by atoms with E-state index in [-0.39, 0.29) is 0 Å². The fraction of sp³-hybridized carbons (Fsp3) is 0.571. The Balaban J connectivity index is 2.50. The van der Waals surface area contributed by atoms with Gasteiger partial charge >= 0.3 is 0 Å². The van der Waals surface area contributed by atoms with Gasteiger partial charge in [0.25, 0.3) is 0 Å². The first-order valence-electron chi connectivity index (χ1n) is 3.40. The van der Waals surface area contributed by atoms with Crippen molar-refractivity contribution in [1.29, 1.82) is 0 Å². The minimum Gasteiger partial charge on any atom is -0.121 e. The second kappa shape index (κ2) is 4.21. The van der Waals surface area contributed by atoms with Gasteiger partial charge < -0.3 is 0 Å². The van der Waals surface area contributed by atoms with E-state index < -0.39 is 0 Å². The molecule has 0 fully saturated rings. The summed E-state index contributed by atoms with van der Waals surface area (Å²) in [6.45, 7) is 2.21. The van der Waals surface area contributed by atoms with E-state index in [4.69, 9.17) is 12.2 Å². The topological polar surface area (TPSA) is 0 Å². The van der Waals surface area contributed by atoms with E-state index >= 15 is 0 Å². The standard InChI is InChI=1S/C7H10S3/c1-2-3-4-6-5-9-7(8)10-6/h5H,2-4H2,1H3. The molecule has 0 aliphatic carbocycles. The Bertz CT molecular complexity index is 233. The van der Waals surface area contributed by atoms with Crippen molar-refractivity contribution in [3.8, 4) is 0 Å². The molecule has 0 spiro atoms. The number of hydrogen-bond donors (Lipinski definition) is 0. The highest BCUT2D eigenvalue weighted by Gasteiger charge is 1.93. The van der Waals surface area contributed by atoms with Crippen LogP contribution in [0, 0.1) is 3.14 Å². The van der Waals surface area contributed by atoms with Crippen LogP contribution in [-0.2, 0) is 6.42 Å². The van der Waals surface area contributed by atoms with Gasteiger partial charge in [-0.3, -0.25) is 0 Å². The van der Waals surface area contributed by atoms with Crippen LogP contribution in [0.25, 0.3) is 0 Å². The zero-order valence-corrected chi connectivity index (χ0v) is 8.37. The van der Waals surface area contributed by atoms with Crippen LogP contribution in [0.15, 0.2) is 5.38 Å². The van der Waals surface area contributed by atoms with Gasteiger partial charge in [0.15, 0.2) is 0 Å². The van der Waals surface area contributed by atoms with Gasteiger partial charge in [0.1, 0.15) is 3.14 Å². The lowest BCUT2D eigenvalue weighted by molar-refractivity contribution is 0.805. The molecule has 0 unspecified atom stereocenters. The van der Waals surface area contributed by atoms with Crippen LogP contribution in [0.2, 0.25) is 0 Å². The Morgan fingerprint density at radius 2 is 2.40 bits per heavy atom. The molecular formula is C7H10S3. The van der Waals surface area contributed by atoms with Crippen LogP contribution in [0.4, 0.5) is 0 Å². The van der Waals surface area contributed by atoms with Crippen molar-refractivity contribution < 1.29 is 0 Å². The zero-order chi connectivity index (χ0) is 7.40. The van der Waals surface area contributed by atoms with Crippen molar-refractivity contribution in [2.75, 3.05) is 0 Å². The third-order valence-corrected chi connectivity index (χ3v) is 3.85. The van der Waals surface area contributed by atoms with Gasteiger partial charge in [-0.2, -0.15) is 0 Å². The molecule has 1 aromatic heterocycles. The molecule has 0 saturated heterocycles. The third-order valence-electron chi connectivity index (χ3n) is 1.28. The summed E-state index contributed by atoms with van der Waals surface area (Å²) in [6, 6.07) is 0. The quantitative estimate of drug-likeness (QED) is 0.652. The Morgan fingerprint density at radius 1 is 1.60 bits per heavy atom. The summed E-state index contributed by atoms with van der Waals surface area (Å²) < 4.78 is 1.06. The van der Waals surface area contributed by atoms with E-state index in [9.17, 15) is 0 Å². The highest BCUT2D eigenvalue weighted by Crippen LogP contribution is 2.18. The van der Waals surface area contributed by atoms with E-state index in [1.54, 1.807) is 22.7 Å². The van der Waals surface area contributed by atoms with Crippen molar-refractivity contribution in [3.05, 3.63) is 13.4 Å². The molecule has 10 heavy (non-hydrogen) atoms. The van der Waals surface area contributed by atoms with Crippen LogP contribution < -0.4 is 0 Å². The van der Waals surface area contributed by atoms with Crippen molar-refractivity contribution >= 4 is 34.9 Å². The summed E-state index contributed by atoms with van der Waals surface area (Å²) in [7, 11) is 0. The number of unbranched alkanes of at least 4 members (excludes halogenated alkanes) is 1. The maximum absolute atomic E-state index is 5.02. The molecule has 0 aromatic carbocycles. The second-order valence-electron chi connectivity index (χ2n) is 2.16. The summed E-state index contributed by atoms with van der Waals surface area (Å²) in [4.78, 5) is 1.46. The molecular weight excluding hydrogens is 180 g/mol. The molecule has 0 amide bonds. The highest BCUT2D eigenvalue weighted by molar-refractivity contribution is 7.76. The molecule has 56 valence electrons. The lowest BCUT2D eigenvalue weighted by atomic mass is 10.2. The Labute approximate surface area is 74.5 Å². The molecule has 1 heterocycles. The van der Waals surface area contributed by atoms with Gasteiger partial charge in [-0.1, -0.05) is 25.6 Å². The maximum atomic E-state index is 5.02. The first-order valence-corrected chi connectivity index (χ1v) is 5.51. The Morgan fingerprint density at radius 3 is 2.90 bits per heavy atom. The molecule has 1 rings (SSSR count). The minimum atomic E-state index is 1.06. The monoisotopic (exact) mass is 190 g/mol. The fourth-order valence-corrected chi connectivity index (χ4v) is 3.00. The fourth-order valence-electron chi connectivity index (χ4n) is 0.730. The summed E-state index contributed by atoms with van der Waals surface area (Å²) in [5.41, 5.74) is 0. The lowest BCUT2D eigenvalue weighted by Crippen LogP contribution is -1.75. The van der Waals surface area contributed by atoms with Gasteiger partial charge in [-0.25, -0.2) is 0 Å². The average Bonchev–Trinajstić information content (AvgIpc) is 2.31. The summed E-state index contributed by atoms with van der Waals surface area (Å²) in [5, 5.41) is 2.18. The second-order valence-corrected chi connectivity index (χ2v) is 5.36. The molecule has 0 atom stereocenters. The summed E-state index contributed by atoms with van der Waals surface area (Å²) in [5.74, 6) is 0. The number of rotatable bonds is 3. The number of hydrogen-bond acceptors (Lipinski definition) is 3. The van der Waals surface area contributed by atoms with E-state index in [1.165, 1.54) is 24.1 Å². The largest absolute Gasteiger partial charge is 0.143 e. The van der Waals surface area contributed by atoms with Crippen LogP contribution in [0.1, 0.15) is 24.6 Å². The van der Waals surface area contributed by atoms with Crippen molar-refractivity contribution in [3.63, 3.8) is 0 Å². The number of aryl methyl sites for hydroxylation is 1. The summed E-state index contributed by atoms with van der Waals surface area (Å²) in [6.07, 6.45) is 3.78. The first-order chi connectivity index (χ1) is 4.83. The van der Waals surface area contributed by atoms with E-state index in [1.807, 2.05) is 0 Å². The zero-order valence-electron chi connectivity index (χ0n) is 5.92. The van der Waals surface area contributed by atoms with Crippen molar-refractivity contribution in [2.45, 2.75) is 26.2 Å². The molecule has 0 aliphatic rings. The highest BCUT2D eigenvalue weighted by atomic mass is 32.2. The predicted molar refractivity (Wildman–Crippen MR) is 51.6 cm³/mol. The molecule has 0 radical (unpaired) electrons. The molecule has 0 nitrogen and oxygen atoms in total. The van der Waals surface area contributed by atoms with Crippen LogP contribution in [0.5, 0.6) is 0 Å². The van der Waals surface area contributed by atoms with Gasteiger partial charge in [-0.15, -0.1) is 22.7 Å². The smallest absolute Gasteiger partial charge is 0.121 e. The summed E-state index contributed by atoms with van der Waals surface area (Å²) >= 11 is 8.47. The van der Waals surface area contributed by atoms with E-state index in [2.05, 4.69) is 12.3 Å². The third kappa shape index (κ3) is 2.48. The minimum absolute atomic E-state index is 1.06. The molecule has 0 N–H and O–H groups in total. The van der Waals surface area contributed by atoms with Crippen LogP contribution in [0.3, 0.4) is 0 Å².